The second kappa shape index (κ2) is 5.50. The SMILES string of the molecule is CN(C)c1ncc(B2OC(C)(C)C(C)(C)O2)cc1F.Cl. The van der Waals surface area contributed by atoms with Gasteiger partial charge in [0.25, 0.3) is 0 Å². The lowest BCUT2D eigenvalue weighted by molar-refractivity contribution is 0.00578. The van der Waals surface area contributed by atoms with E-state index in [4.69, 9.17) is 9.31 Å². The van der Waals surface area contributed by atoms with Gasteiger partial charge in [0.05, 0.1) is 11.2 Å². The summed E-state index contributed by atoms with van der Waals surface area (Å²) in [6.07, 6.45) is 1.60. The fourth-order valence-electron chi connectivity index (χ4n) is 1.88. The van der Waals surface area contributed by atoms with E-state index in [0.717, 1.165) is 0 Å². The summed E-state index contributed by atoms with van der Waals surface area (Å²) in [5, 5.41) is 0. The first-order chi connectivity index (χ1) is 8.64. The van der Waals surface area contributed by atoms with Gasteiger partial charge in [-0.2, -0.15) is 0 Å². The van der Waals surface area contributed by atoms with E-state index in [2.05, 4.69) is 4.98 Å². The van der Waals surface area contributed by atoms with Crippen LogP contribution in [0.1, 0.15) is 27.7 Å². The number of hydrogen-bond acceptors (Lipinski definition) is 4. The van der Waals surface area contributed by atoms with Crippen molar-refractivity contribution in [3.05, 3.63) is 18.1 Å². The number of aromatic nitrogens is 1. The van der Waals surface area contributed by atoms with Crippen molar-refractivity contribution in [3.63, 3.8) is 0 Å². The Labute approximate surface area is 126 Å². The normalized spacial score (nSPS) is 19.6. The lowest BCUT2D eigenvalue weighted by Crippen LogP contribution is -2.41. The maximum absolute atomic E-state index is 13.9. The summed E-state index contributed by atoms with van der Waals surface area (Å²) in [6.45, 7) is 7.85. The highest BCUT2D eigenvalue weighted by atomic mass is 35.5. The second-order valence-corrected chi connectivity index (χ2v) is 6.06. The van der Waals surface area contributed by atoms with Gasteiger partial charge in [-0.1, -0.05) is 0 Å². The molecule has 1 aliphatic rings. The van der Waals surface area contributed by atoms with Crippen molar-refractivity contribution in [2.75, 3.05) is 19.0 Å². The molecule has 0 spiro atoms. The number of nitrogens with zero attached hydrogens (tertiary/aromatic N) is 2. The van der Waals surface area contributed by atoms with E-state index in [1.807, 2.05) is 27.7 Å². The van der Waals surface area contributed by atoms with Crippen LogP contribution in [0.3, 0.4) is 0 Å². The molecule has 0 N–H and O–H groups in total. The predicted octanol–water partition coefficient (Wildman–Crippen LogP) is 2.01. The largest absolute Gasteiger partial charge is 0.496 e. The summed E-state index contributed by atoms with van der Waals surface area (Å²) < 4.78 is 25.7. The van der Waals surface area contributed by atoms with Crippen molar-refractivity contribution in [3.8, 4) is 0 Å². The van der Waals surface area contributed by atoms with Crippen molar-refractivity contribution in [1.29, 1.82) is 0 Å². The van der Waals surface area contributed by atoms with Crippen LogP contribution in [0.4, 0.5) is 10.2 Å². The Morgan fingerprint density at radius 3 is 2.05 bits per heavy atom. The molecule has 1 aromatic rings. The zero-order valence-electron chi connectivity index (χ0n) is 12.7. The summed E-state index contributed by atoms with van der Waals surface area (Å²) in [4.78, 5) is 5.74. The average Bonchev–Trinajstić information content (AvgIpc) is 2.47. The van der Waals surface area contributed by atoms with Crippen LogP contribution >= 0.6 is 12.4 Å². The molecule has 0 unspecified atom stereocenters. The van der Waals surface area contributed by atoms with Gasteiger partial charge in [-0.05, 0) is 33.8 Å². The maximum Gasteiger partial charge on any atom is 0.496 e. The van der Waals surface area contributed by atoms with E-state index in [9.17, 15) is 4.39 Å². The molecule has 4 nitrogen and oxygen atoms in total. The van der Waals surface area contributed by atoms with Crippen LogP contribution in [0.15, 0.2) is 12.3 Å². The minimum absolute atomic E-state index is 0. The van der Waals surface area contributed by atoms with E-state index < -0.39 is 18.3 Å². The quantitative estimate of drug-likeness (QED) is 0.783. The Morgan fingerprint density at radius 1 is 1.15 bits per heavy atom. The van der Waals surface area contributed by atoms with E-state index in [0.29, 0.717) is 11.3 Å². The molecular weight excluding hydrogens is 281 g/mol. The zero-order valence-corrected chi connectivity index (χ0v) is 13.5. The van der Waals surface area contributed by atoms with Crippen molar-refractivity contribution in [2.24, 2.45) is 0 Å². The van der Waals surface area contributed by atoms with Gasteiger partial charge in [-0.3, -0.25) is 0 Å². The third kappa shape index (κ3) is 2.92. The molecule has 0 amide bonds. The Balaban J connectivity index is 0.00000200. The van der Waals surface area contributed by atoms with E-state index in [1.165, 1.54) is 6.07 Å². The molecule has 0 saturated carbocycles. The van der Waals surface area contributed by atoms with Gasteiger partial charge in [0, 0.05) is 25.8 Å². The smallest absolute Gasteiger partial charge is 0.399 e. The Hall–Kier alpha value is -0.845. The second-order valence-electron chi connectivity index (χ2n) is 6.06. The number of pyridine rings is 1. The van der Waals surface area contributed by atoms with E-state index >= 15 is 0 Å². The summed E-state index contributed by atoms with van der Waals surface area (Å²) in [7, 11) is 2.92. The van der Waals surface area contributed by atoms with Crippen LogP contribution in [0, 0.1) is 5.82 Å². The fourth-order valence-corrected chi connectivity index (χ4v) is 1.88. The Morgan fingerprint density at radius 2 is 1.65 bits per heavy atom. The van der Waals surface area contributed by atoms with Crippen LogP contribution in [0.2, 0.25) is 0 Å². The number of rotatable bonds is 2. The van der Waals surface area contributed by atoms with Gasteiger partial charge in [0.2, 0.25) is 0 Å². The van der Waals surface area contributed by atoms with Crippen LogP contribution in [-0.2, 0) is 9.31 Å². The van der Waals surface area contributed by atoms with Gasteiger partial charge in [0.15, 0.2) is 11.6 Å². The lowest BCUT2D eigenvalue weighted by atomic mass is 9.80. The molecule has 1 aromatic heterocycles. The number of halogens is 2. The zero-order chi connectivity index (χ0) is 14.4. The number of anilines is 1. The van der Waals surface area contributed by atoms with Crippen molar-refractivity contribution in [2.45, 2.75) is 38.9 Å². The highest BCUT2D eigenvalue weighted by Gasteiger charge is 2.51. The summed E-state index contributed by atoms with van der Waals surface area (Å²) in [5.74, 6) is -0.0718. The molecule has 0 bridgehead atoms. The molecule has 0 atom stereocenters. The third-order valence-corrected chi connectivity index (χ3v) is 3.79. The molecule has 0 radical (unpaired) electrons. The first-order valence-electron chi connectivity index (χ1n) is 6.32. The molecule has 1 saturated heterocycles. The molecule has 112 valence electrons. The van der Waals surface area contributed by atoms with E-state index in [-0.39, 0.29) is 18.2 Å². The van der Waals surface area contributed by atoms with Gasteiger partial charge in [-0.25, -0.2) is 9.37 Å². The van der Waals surface area contributed by atoms with Crippen molar-refractivity contribution < 1.29 is 13.7 Å². The van der Waals surface area contributed by atoms with E-state index in [1.54, 1.807) is 25.2 Å². The predicted molar refractivity (Wildman–Crippen MR) is 81.5 cm³/mol. The fraction of sp³-hybridized carbons (Fsp3) is 0.615. The molecule has 1 fully saturated rings. The highest BCUT2D eigenvalue weighted by molar-refractivity contribution is 6.62. The summed E-state index contributed by atoms with van der Waals surface area (Å²) >= 11 is 0. The molecular formula is C13H21BClFN2O2. The molecule has 0 aliphatic carbocycles. The molecule has 1 aliphatic heterocycles. The lowest BCUT2D eigenvalue weighted by Gasteiger charge is -2.32. The van der Waals surface area contributed by atoms with Crippen molar-refractivity contribution in [1.82, 2.24) is 4.98 Å². The number of hydrogen-bond donors (Lipinski definition) is 0. The summed E-state index contributed by atoms with van der Waals surface area (Å²) in [5.41, 5.74) is -0.273. The minimum Gasteiger partial charge on any atom is -0.399 e. The minimum atomic E-state index is -0.580. The highest BCUT2D eigenvalue weighted by Crippen LogP contribution is 2.36. The van der Waals surface area contributed by atoms with Gasteiger partial charge in [0.1, 0.15) is 0 Å². The van der Waals surface area contributed by atoms with Crippen LogP contribution in [0.25, 0.3) is 0 Å². The standard InChI is InChI=1S/C13H20BFN2O2.ClH/c1-12(2)13(3,4)19-14(18-12)9-7-10(15)11(16-8-9)17(5)6;/h7-8H,1-6H3;1H. The first kappa shape index (κ1) is 17.2. The van der Waals surface area contributed by atoms with Crippen LogP contribution in [-0.4, -0.2) is 37.4 Å². The van der Waals surface area contributed by atoms with Crippen molar-refractivity contribution >= 4 is 30.8 Å². The summed E-state index contributed by atoms with van der Waals surface area (Å²) in [6, 6.07) is 1.42. The van der Waals surface area contributed by atoms with Crippen LogP contribution in [0.5, 0.6) is 0 Å². The van der Waals surface area contributed by atoms with Crippen LogP contribution < -0.4 is 10.4 Å². The average molecular weight is 303 g/mol. The van der Waals surface area contributed by atoms with Gasteiger partial charge >= 0.3 is 7.12 Å². The molecule has 7 heteroatoms. The Kier molecular flexibility index (Phi) is 4.74. The Bertz CT molecular complexity index is 481. The monoisotopic (exact) mass is 302 g/mol. The van der Waals surface area contributed by atoms with Gasteiger partial charge in [-0.15, -0.1) is 12.4 Å². The maximum atomic E-state index is 13.9. The third-order valence-electron chi connectivity index (χ3n) is 3.79. The van der Waals surface area contributed by atoms with Gasteiger partial charge < -0.3 is 14.2 Å². The first-order valence-corrected chi connectivity index (χ1v) is 6.32. The molecule has 2 heterocycles. The molecule has 0 aromatic carbocycles. The topological polar surface area (TPSA) is 34.6 Å². The molecule has 20 heavy (non-hydrogen) atoms. The molecule has 2 rings (SSSR count).